The largest absolute Gasteiger partial charge is 0.353 e. The van der Waals surface area contributed by atoms with Gasteiger partial charge in [-0.25, -0.2) is 0 Å². The number of hydrogen-bond donors (Lipinski definition) is 0. The second-order valence-corrected chi connectivity index (χ2v) is 7.94. The molecule has 146 valence electrons. The molecule has 0 unspecified atom stereocenters. The van der Waals surface area contributed by atoms with E-state index in [4.69, 9.17) is 4.98 Å². The highest BCUT2D eigenvalue weighted by molar-refractivity contribution is 9.10. The first-order chi connectivity index (χ1) is 13.6. The van der Waals surface area contributed by atoms with Crippen LogP contribution < -0.4 is 4.90 Å². The van der Waals surface area contributed by atoms with Gasteiger partial charge in [0.25, 0.3) is 11.7 Å². The van der Waals surface area contributed by atoms with Crippen molar-refractivity contribution in [1.29, 1.82) is 0 Å². The average molecular weight is 443 g/mol. The summed E-state index contributed by atoms with van der Waals surface area (Å²) >= 11 is 3.41. The molecule has 1 saturated heterocycles. The van der Waals surface area contributed by atoms with Crippen molar-refractivity contribution >= 4 is 33.4 Å². The van der Waals surface area contributed by atoms with Crippen molar-refractivity contribution in [2.45, 2.75) is 26.7 Å². The van der Waals surface area contributed by atoms with Crippen molar-refractivity contribution in [3.8, 4) is 0 Å². The van der Waals surface area contributed by atoms with Crippen molar-refractivity contribution < 1.29 is 4.79 Å². The lowest BCUT2D eigenvalue weighted by Gasteiger charge is -2.35. The molecule has 7 nitrogen and oxygen atoms in total. The second kappa shape index (κ2) is 7.87. The van der Waals surface area contributed by atoms with Crippen molar-refractivity contribution in [3.63, 3.8) is 0 Å². The molecule has 0 N–H and O–H groups in total. The molecule has 1 amide bonds. The molecule has 4 rings (SSSR count). The fourth-order valence-corrected chi connectivity index (χ4v) is 3.89. The number of rotatable bonds is 4. The van der Waals surface area contributed by atoms with E-state index in [-0.39, 0.29) is 5.91 Å². The number of aryl methyl sites for hydroxylation is 2. The summed E-state index contributed by atoms with van der Waals surface area (Å²) in [4.78, 5) is 21.6. The van der Waals surface area contributed by atoms with E-state index in [1.165, 1.54) is 5.69 Å². The molecule has 2 aromatic heterocycles. The fourth-order valence-electron chi connectivity index (χ4n) is 3.62. The van der Waals surface area contributed by atoms with Crippen LogP contribution in [0.3, 0.4) is 0 Å². The predicted molar refractivity (Wildman–Crippen MR) is 112 cm³/mol. The summed E-state index contributed by atoms with van der Waals surface area (Å²) < 4.78 is 3.00. The minimum atomic E-state index is 0.0790. The Bertz CT molecular complexity index is 992. The third-order valence-corrected chi connectivity index (χ3v) is 5.62. The number of hydrogen-bond acceptors (Lipinski definition) is 5. The summed E-state index contributed by atoms with van der Waals surface area (Å²) in [6.45, 7) is 6.98. The number of anilines is 1. The van der Waals surface area contributed by atoms with E-state index in [0.29, 0.717) is 18.9 Å². The zero-order valence-electron chi connectivity index (χ0n) is 16.1. The highest BCUT2D eigenvalue weighted by Crippen LogP contribution is 2.20. The number of nitrogens with zero attached hydrogens (tertiary/aromatic N) is 6. The molecule has 0 spiro atoms. The van der Waals surface area contributed by atoms with E-state index in [2.05, 4.69) is 44.0 Å². The maximum absolute atomic E-state index is 12.7. The van der Waals surface area contributed by atoms with E-state index in [9.17, 15) is 4.79 Å². The Labute approximate surface area is 172 Å². The number of carbonyl (C=O) groups is 1. The van der Waals surface area contributed by atoms with E-state index in [0.717, 1.165) is 47.6 Å². The monoisotopic (exact) mass is 442 g/mol. The molecule has 1 aliphatic rings. The molecule has 8 heteroatoms. The number of piperazine rings is 1. The van der Waals surface area contributed by atoms with Crippen LogP contribution in [-0.4, -0.2) is 56.6 Å². The Hall–Kier alpha value is -2.48. The molecule has 1 aromatic carbocycles. The predicted octanol–water partition coefficient (Wildman–Crippen LogP) is 3.11. The Morgan fingerprint density at radius 1 is 1.11 bits per heavy atom. The molecule has 1 fully saturated rings. The zero-order chi connectivity index (χ0) is 19.7. The average Bonchev–Trinajstić information content (AvgIpc) is 3.09. The van der Waals surface area contributed by atoms with E-state index >= 15 is 0 Å². The lowest BCUT2D eigenvalue weighted by atomic mass is 10.2. The van der Waals surface area contributed by atoms with E-state index < -0.39 is 0 Å². The lowest BCUT2D eigenvalue weighted by molar-refractivity contribution is 0.0746. The first-order valence-corrected chi connectivity index (χ1v) is 10.4. The van der Waals surface area contributed by atoms with Gasteiger partial charge in [-0.1, -0.05) is 29.3 Å². The zero-order valence-corrected chi connectivity index (χ0v) is 17.7. The number of fused-ring (bicyclic) bond motifs is 1. The minimum Gasteiger partial charge on any atom is -0.353 e. The van der Waals surface area contributed by atoms with Crippen LogP contribution >= 0.6 is 15.9 Å². The SMILES string of the molecule is CCCc1cc(N2CCN(C(=O)c3ccc(Br)cc3)CC2)nc2nnc(C)n12. The van der Waals surface area contributed by atoms with Gasteiger partial charge in [-0.2, -0.15) is 4.98 Å². The van der Waals surface area contributed by atoms with Crippen LogP contribution in [0.15, 0.2) is 34.8 Å². The van der Waals surface area contributed by atoms with Crippen molar-refractivity contribution in [2.24, 2.45) is 0 Å². The number of halogens is 1. The molecule has 3 aromatic rings. The van der Waals surface area contributed by atoms with Crippen LogP contribution in [0, 0.1) is 6.92 Å². The van der Waals surface area contributed by atoms with Gasteiger partial charge < -0.3 is 9.80 Å². The van der Waals surface area contributed by atoms with Crippen LogP contribution in [0.25, 0.3) is 5.78 Å². The maximum atomic E-state index is 12.7. The van der Waals surface area contributed by atoms with Gasteiger partial charge in [-0.05, 0) is 37.6 Å². The summed E-state index contributed by atoms with van der Waals surface area (Å²) in [7, 11) is 0. The summed E-state index contributed by atoms with van der Waals surface area (Å²) in [6.07, 6.45) is 2.00. The van der Waals surface area contributed by atoms with Gasteiger partial charge >= 0.3 is 0 Å². The summed E-state index contributed by atoms with van der Waals surface area (Å²) in [5.41, 5.74) is 1.90. The van der Waals surface area contributed by atoms with Gasteiger partial charge in [0.15, 0.2) is 0 Å². The second-order valence-electron chi connectivity index (χ2n) is 7.02. The van der Waals surface area contributed by atoms with Crippen LogP contribution in [0.4, 0.5) is 5.82 Å². The van der Waals surface area contributed by atoms with Gasteiger partial charge in [-0.3, -0.25) is 9.20 Å². The Morgan fingerprint density at radius 2 is 1.82 bits per heavy atom. The van der Waals surface area contributed by atoms with Gasteiger partial charge in [0.2, 0.25) is 0 Å². The molecular formula is C20H23BrN6O. The molecule has 28 heavy (non-hydrogen) atoms. The van der Waals surface area contributed by atoms with Crippen LogP contribution in [0.5, 0.6) is 0 Å². The third kappa shape index (κ3) is 3.61. The highest BCUT2D eigenvalue weighted by Gasteiger charge is 2.24. The normalized spacial score (nSPS) is 14.7. The van der Waals surface area contributed by atoms with Gasteiger partial charge in [0.1, 0.15) is 11.6 Å². The van der Waals surface area contributed by atoms with Gasteiger partial charge in [0, 0.05) is 48.0 Å². The summed E-state index contributed by atoms with van der Waals surface area (Å²) in [5, 5.41) is 8.39. The lowest BCUT2D eigenvalue weighted by Crippen LogP contribution is -2.49. The minimum absolute atomic E-state index is 0.0790. The number of aromatic nitrogens is 4. The molecular weight excluding hydrogens is 420 g/mol. The van der Waals surface area contributed by atoms with Crippen molar-refractivity contribution in [1.82, 2.24) is 24.5 Å². The van der Waals surface area contributed by atoms with E-state index in [1.807, 2.05) is 40.5 Å². The number of carbonyl (C=O) groups excluding carboxylic acids is 1. The van der Waals surface area contributed by atoms with Crippen LogP contribution in [-0.2, 0) is 6.42 Å². The van der Waals surface area contributed by atoms with Crippen molar-refractivity contribution in [2.75, 3.05) is 31.1 Å². The standard InChI is InChI=1S/C20H23BrN6O/c1-3-4-17-13-18(22-20-24-23-14(2)27(17)20)25-9-11-26(12-10-25)19(28)15-5-7-16(21)8-6-15/h5-8,13H,3-4,9-12H2,1-2H3. The highest BCUT2D eigenvalue weighted by atomic mass is 79.9. The third-order valence-electron chi connectivity index (χ3n) is 5.09. The Kier molecular flexibility index (Phi) is 5.30. The topological polar surface area (TPSA) is 66.6 Å². The smallest absolute Gasteiger partial charge is 0.257 e. The molecule has 0 radical (unpaired) electrons. The van der Waals surface area contributed by atoms with Crippen molar-refractivity contribution in [3.05, 3.63) is 51.9 Å². The molecule has 0 aliphatic carbocycles. The van der Waals surface area contributed by atoms with Gasteiger partial charge in [0.05, 0.1) is 0 Å². The number of amides is 1. The Morgan fingerprint density at radius 3 is 2.50 bits per heavy atom. The number of benzene rings is 1. The van der Waals surface area contributed by atoms with Crippen LogP contribution in [0.2, 0.25) is 0 Å². The molecule has 0 saturated carbocycles. The molecule has 0 bridgehead atoms. The van der Waals surface area contributed by atoms with E-state index in [1.54, 1.807) is 0 Å². The Balaban J connectivity index is 1.50. The van der Waals surface area contributed by atoms with Gasteiger partial charge in [-0.15, -0.1) is 10.2 Å². The molecule has 3 heterocycles. The maximum Gasteiger partial charge on any atom is 0.257 e. The molecule has 1 aliphatic heterocycles. The summed E-state index contributed by atoms with van der Waals surface area (Å²) in [5.74, 6) is 2.50. The summed E-state index contributed by atoms with van der Waals surface area (Å²) in [6, 6.07) is 9.66. The van der Waals surface area contributed by atoms with Crippen LogP contribution in [0.1, 0.15) is 35.2 Å². The fraction of sp³-hybridized carbons (Fsp3) is 0.400. The quantitative estimate of drug-likeness (QED) is 0.620. The first kappa shape index (κ1) is 18.9. The first-order valence-electron chi connectivity index (χ1n) is 9.58. The molecule has 0 atom stereocenters.